The zero-order valence-corrected chi connectivity index (χ0v) is 19.0. The number of benzene rings is 2. The Hall–Kier alpha value is -3.34. The summed E-state index contributed by atoms with van der Waals surface area (Å²) >= 11 is 0. The summed E-state index contributed by atoms with van der Waals surface area (Å²) in [6, 6.07) is 11.5. The molecule has 1 N–H and O–H groups in total. The van der Waals surface area contributed by atoms with E-state index in [4.69, 9.17) is 9.15 Å². The van der Waals surface area contributed by atoms with E-state index in [1.165, 1.54) is 40.5 Å². The molecule has 3 aromatic rings. The van der Waals surface area contributed by atoms with Gasteiger partial charge in [-0.05, 0) is 85.7 Å². The summed E-state index contributed by atoms with van der Waals surface area (Å²) in [5, 5.41) is 2.72. The standard InChI is InChI=1S/C26H29NO4.CH4/c1-15-16(2)18(4)22(19(5)17(15)3)14-21-12-13-23(31-21)25(28)27-24(26(29)30-6)20-10-8-7-9-11-20;/h7-13,24H,14H2,1-6H3,(H,27,28);1H4/t24-;/m0./s1. The number of hydrogen-bond donors (Lipinski definition) is 1. The van der Waals surface area contributed by atoms with Gasteiger partial charge >= 0.3 is 5.97 Å². The molecule has 0 unspecified atom stereocenters. The monoisotopic (exact) mass is 435 g/mol. The van der Waals surface area contributed by atoms with Gasteiger partial charge in [0.1, 0.15) is 5.76 Å². The van der Waals surface area contributed by atoms with Crippen molar-refractivity contribution in [2.75, 3.05) is 7.11 Å². The Bertz CT molecular complexity index is 1080. The van der Waals surface area contributed by atoms with Gasteiger partial charge in [0.25, 0.3) is 5.91 Å². The molecule has 5 heteroatoms. The van der Waals surface area contributed by atoms with Gasteiger partial charge in [0.15, 0.2) is 11.8 Å². The number of esters is 1. The zero-order valence-electron chi connectivity index (χ0n) is 19.0. The molecule has 1 heterocycles. The molecule has 1 amide bonds. The summed E-state index contributed by atoms with van der Waals surface area (Å²) in [6.45, 7) is 10.7. The van der Waals surface area contributed by atoms with Gasteiger partial charge in [0.2, 0.25) is 0 Å². The summed E-state index contributed by atoms with van der Waals surface area (Å²) in [7, 11) is 1.30. The van der Waals surface area contributed by atoms with Crippen LogP contribution in [0.1, 0.15) is 68.7 Å². The molecule has 0 saturated carbocycles. The summed E-state index contributed by atoms with van der Waals surface area (Å²) in [6.07, 6.45) is 0.603. The lowest BCUT2D eigenvalue weighted by Gasteiger charge is -2.18. The number of carbonyl (C=O) groups is 2. The highest BCUT2D eigenvalue weighted by Gasteiger charge is 2.25. The maximum atomic E-state index is 12.8. The first kappa shape index (κ1) is 24.9. The highest BCUT2D eigenvalue weighted by molar-refractivity contribution is 5.94. The Balaban J connectivity index is 0.00000363. The lowest BCUT2D eigenvalue weighted by molar-refractivity contribution is -0.143. The van der Waals surface area contributed by atoms with Crippen LogP contribution in [-0.2, 0) is 16.0 Å². The van der Waals surface area contributed by atoms with Crippen LogP contribution in [0.4, 0.5) is 0 Å². The van der Waals surface area contributed by atoms with Crippen LogP contribution in [-0.4, -0.2) is 19.0 Å². The van der Waals surface area contributed by atoms with Crippen molar-refractivity contribution < 1.29 is 18.7 Å². The molecule has 0 spiro atoms. The number of nitrogens with one attached hydrogen (secondary N) is 1. The normalized spacial score (nSPS) is 11.4. The third-order valence-corrected chi connectivity index (χ3v) is 6.24. The van der Waals surface area contributed by atoms with Gasteiger partial charge in [-0.1, -0.05) is 37.8 Å². The number of ether oxygens (including phenoxy) is 1. The minimum atomic E-state index is -0.904. The van der Waals surface area contributed by atoms with Crippen molar-refractivity contribution in [3.63, 3.8) is 0 Å². The van der Waals surface area contributed by atoms with Crippen molar-refractivity contribution in [3.8, 4) is 0 Å². The second-order valence-corrected chi connectivity index (χ2v) is 7.89. The molecule has 0 bridgehead atoms. The number of amides is 1. The predicted octanol–water partition coefficient (Wildman–Crippen LogP) is 5.69. The Morgan fingerprint density at radius 2 is 1.44 bits per heavy atom. The van der Waals surface area contributed by atoms with E-state index in [1.54, 1.807) is 30.3 Å². The van der Waals surface area contributed by atoms with E-state index < -0.39 is 17.9 Å². The highest BCUT2D eigenvalue weighted by Crippen LogP contribution is 2.28. The lowest BCUT2D eigenvalue weighted by Crippen LogP contribution is -2.34. The molecule has 0 saturated heterocycles. The minimum Gasteiger partial charge on any atom is -0.467 e. The molecule has 0 aliphatic heterocycles. The van der Waals surface area contributed by atoms with Crippen LogP contribution in [0.25, 0.3) is 0 Å². The average Bonchev–Trinajstić information content (AvgIpc) is 3.26. The molecule has 0 aliphatic rings. The van der Waals surface area contributed by atoms with Crippen molar-refractivity contribution in [1.82, 2.24) is 5.32 Å². The first-order valence-electron chi connectivity index (χ1n) is 10.3. The van der Waals surface area contributed by atoms with Crippen LogP contribution < -0.4 is 5.32 Å². The third-order valence-electron chi connectivity index (χ3n) is 6.24. The maximum absolute atomic E-state index is 12.8. The van der Waals surface area contributed by atoms with Crippen LogP contribution in [0.2, 0.25) is 0 Å². The number of methoxy groups -OCH3 is 1. The van der Waals surface area contributed by atoms with E-state index in [0.717, 1.165) is 0 Å². The van der Waals surface area contributed by atoms with Gasteiger partial charge < -0.3 is 14.5 Å². The van der Waals surface area contributed by atoms with Crippen LogP contribution in [0.15, 0.2) is 46.9 Å². The SMILES string of the molecule is C.COC(=O)[C@@H](NC(=O)c1ccc(Cc2c(C)c(C)c(C)c(C)c2C)o1)c1ccccc1. The Morgan fingerprint density at radius 3 is 2.00 bits per heavy atom. The first-order valence-corrected chi connectivity index (χ1v) is 10.3. The van der Waals surface area contributed by atoms with Crippen LogP contribution in [0.3, 0.4) is 0 Å². The van der Waals surface area contributed by atoms with Gasteiger partial charge in [0.05, 0.1) is 7.11 Å². The molecule has 32 heavy (non-hydrogen) atoms. The second kappa shape index (κ2) is 10.3. The van der Waals surface area contributed by atoms with E-state index in [9.17, 15) is 9.59 Å². The third kappa shape index (κ3) is 4.93. The largest absolute Gasteiger partial charge is 0.467 e. The van der Waals surface area contributed by atoms with Crippen LogP contribution >= 0.6 is 0 Å². The van der Waals surface area contributed by atoms with Crippen LogP contribution in [0.5, 0.6) is 0 Å². The molecule has 0 fully saturated rings. The molecule has 0 radical (unpaired) electrons. The van der Waals surface area contributed by atoms with Gasteiger partial charge in [-0.15, -0.1) is 0 Å². The molecular weight excluding hydrogens is 402 g/mol. The van der Waals surface area contributed by atoms with E-state index in [2.05, 4.69) is 39.9 Å². The number of furan rings is 1. The maximum Gasteiger partial charge on any atom is 0.333 e. The van der Waals surface area contributed by atoms with Gasteiger partial charge in [-0.3, -0.25) is 4.79 Å². The fourth-order valence-corrected chi connectivity index (χ4v) is 3.86. The summed E-state index contributed by atoms with van der Waals surface area (Å²) in [4.78, 5) is 25.0. The van der Waals surface area contributed by atoms with Gasteiger partial charge in [0, 0.05) is 6.42 Å². The zero-order chi connectivity index (χ0) is 22.7. The van der Waals surface area contributed by atoms with E-state index in [0.29, 0.717) is 17.7 Å². The molecule has 1 aromatic heterocycles. The fraction of sp³-hybridized carbons (Fsp3) is 0.333. The lowest BCUT2D eigenvalue weighted by atomic mass is 9.88. The summed E-state index contributed by atoms with van der Waals surface area (Å²) in [5.41, 5.74) is 8.24. The molecule has 3 rings (SSSR count). The second-order valence-electron chi connectivity index (χ2n) is 7.89. The summed E-state index contributed by atoms with van der Waals surface area (Å²) in [5.74, 6) is -0.137. The Kier molecular flexibility index (Phi) is 8.03. The average molecular weight is 436 g/mol. The molecule has 1 atom stereocenters. The molecule has 170 valence electrons. The molecule has 0 aliphatic carbocycles. The number of rotatable bonds is 6. The quantitative estimate of drug-likeness (QED) is 0.505. The van der Waals surface area contributed by atoms with E-state index in [-0.39, 0.29) is 13.2 Å². The first-order chi connectivity index (χ1) is 14.7. The van der Waals surface area contributed by atoms with Crippen molar-refractivity contribution in [2.24, 2.45) is 0 Å². The molecular formula is C27H33NO4. The number of carbonyl (C=O) groups excluding carboxylic acids is 2. The Labute approximate surface area is 190 Å². The molecule has 5 nitrogen and oxygen atoms in total. The minimum absolute atomic E-state index is 0. The topological polar surface area (TPSA) is 68.5 Å². The van der Waals surface area contributed by atoms with Crippen molar-refractivity contribution in [1.29, 1.82) is 0 Å². The van der Waals surface area contributed by atoms with E-state index in [1.807, 2.05) is 12.1 Å². The smallest absolute Gasteiger partial charge is 0.333 e. The van der Waals surface area contributed by atoms with Crippen molar-refractivity contribution >= 4 is 11.9 Å². The summed E-state index contributed by atoms with van der Waals surface area (Å²) < 4.78 is 10.7. The van der Waals surface area contributed by atoms with Crippen molar-refractivity contribution in [2.45, 2.75) is 54.5 Å². The highest BCUT2D eigenvalue weighted by atomic mass is 16.5. The van der Waals surface area contributed by atoms with Gasteiger partial charge in [-0.25, -0.2) is 4.79 Å². The number of hydrogen-bond acceptors (Lipinski definition) is 4. The molecule has 2 aromatic carbocycles. The van der Waals surface area contributed by atoms with Crippen LogP contribution in [0, 0.1) is 34.6 Å². The predicted molar refractivity (Wildman–Crippen MR) is 127 cm³/mol. The fourth-order valence-electron chi connectivity index (χ4n) is 3.86. The van der Waals surface area contributed by atoms with Crippen molar-refractivity contribution in [3.05, 3.63) is 92.9 Å². The van der Waals surface area contributed by atoms with E-state index >= 15 is 0 Å². The Morgan fingerprint density at radius 1 is 0.875 bits per heavy atom. The van der Waals surface area contributed by atoms with Gasteiger partial charge in [-0.2, -0.15) is 0 Å².